The van der Waals surface area contributed by atoms with E-state index in [-0.39, 0.29) is 31.1 Å². The van der Waals surface area contributed by atoms with Crippen molar-refractivity contribution < 1.29 is 28.6 Å². The van der Waals surface area contributed by atoms with E-state index in [1.54, 1.807) is 0 Å². The summed E-state index contributed by atoms with van der Waals surface area (Å²) in [5, 5.41) is 0. The quantitative estimate of drug-likeness (QED) is 0.0264. The van der Waals surface area contributed by atoms with Crippen molar-refractivity contribution in [3.63, 3.8) is 0 Å². The van der Waals surface area contributed by atoms with Crippen LogP contribution in [0.25, 0.3) is 0 Å². The first-order valence-corrected chi connectivity index (χ1v) is 24.8. The highest BCUT2D eigenvalue weighted by molar-refractivity contribution is 5.71. The molecule has 1 unspecified atom stereocenters. The van der Waals surface area contributed by atoms with Crippen molar-refractivity contribution in [1.29, 1.82) is 0 Å². The zero-order valence-corrected chi connectivity index (χ0v) is 38.1. The van der Waals surface area contributed by atoms with Crippen LogP contribution in [0.1, 0.15) is 265 Å². The lowest BCUT2D eigenvalue weighted by Crippen LogP contribution is -2.30. The van der Waals surface area contributed by atoms with E-state index < -0.39 is 6.10 Å². The molecule has 0 rings (SSSR count). The maximum absolute atomic E-state index is 12.8. The summed E-state index contributed by atoms with van der Waals surface area (Å²) in [5.41, 5.74) is 0. The number of esters is 3. The number of hydrogen-bond acceptors (Lipinski definition) is 6. The topological polar surface area (TPSA) is 78.9 Å². The van der Waals surface area contributed by atoms with Crippen molar-refractivity contribution in [2.24, 2.45) is 0 Å². The normalized spacial score (nSPS) is 12.1. The van der Waals surface area contributed by atoms with Crippen LogP contribution in [-0.2, 0) is 28.6 Å². The van der Waals surface area contributed by atoms with Crippen LogP contribution in [0.2, 0.25) is 0 Å². The molecule has 6 nitrogen and oxygen atoms in total. The molecule has 0 saturated carbocycles. The summed E-state index contributed by atoms with van der Waals surface area (Å²) in [7, 11) is 0. The average molecular weight is 803 g/mol. The fourth-order valence-electron chi connectivity index (χ4n) is 7.25. The van der Waals surface area contributed by atoms with Crippen LogP contribution >= 0.6 is 0 Å². The highest BCUT2D eigenvalue weighted by Crippen LogP contribution is 2.16. The molecule has 57 heavy (non-hydrogen) atoms. The van der Waals surface area contributed by atoms with Gasteiger partial charge in [-0.3, -0.25) is 14.4 Å². The van der Waals surface area contributed by atoms with Crippen molar-refractivity contribution in [2.45, 2.75) is 271 Å². The van der Waals surface area contributed by atoms with Gasteiger partial charge in [-0.05, 0) is 44.9 Å². The van der Waals surface area contributed by atoms with Gasteiger partial charge in [0, 0.05) is 19.3 Å². The van der Waals surface area contributed by atoms with E-state index in [9.17, 15) is 14.4 Å². The molecule has 0 radical (unpaired) electrons. The Hall–Kier alpha value is -2.11. The molecule has 6 heteroatoms. The maximum atomic E-state index is 12.8. The number of carbonyl (C=O) groups excluding carboxylic acids is 3. The second-order valence-corrected chi connectivity index (χ2v) is 16.7. The van der Waals surface area contributed by atoms with Gasteiger partial charge in [0.05, 0.1) is 0 Å². The second-order valence-electron chi connectivity index (χ2n) is 16.7. The molecule has 1 atom stereocenters. The van der Waals surface area contributed by atoms with E-state index in [1.807, 2.05) is 0 Å². The van der Waals surface area contributed by atoms with Gasteiger partial charge in [0.2, 0.25) is 0 Å². The molecule has 0 bridgehead atoms. The van der Waals surface area contributed by atoms with Gasteiger partial charge in [0.1, 0.15) is 13.2 Å². The fraction of sp³-hybridized carbons (Fsp3) is 0.863. The summed E-state index contributed by atoms with van der Waals surface area (Å²) in [6.07, 6.45) is 51.5. The molecule has 0 heterocycles. The minimum Gasteiger partial charge on any atom is -0.462 e. The van der Waals surface area contributed by atoms with Crippen LogP contribution in [-0.4, -0.2) is 37.2 Å². The minimum atomic E-state index is -0.767. The third-order valence-corrected chi connectivity index (χ3v) is 11.0. The minimum absolute atomic E-state index is 0.0690. The van der Waals surface area contributed by atoms with E-state index in [1.165, 1.54) is 148 Å². The molecule has 0 N–H and O–H groups in total. The van der Waals surface area contributed by atoms with Crippen molar-refractivity contribution >= 4 is 17.9 Å². The summed E-state index contributed by atoms with van der Waals surface area (Å²) in [4.78, 5) is 37.9. The van der Waals surface area contributed by atoms with Crippen LogP contribution < -0.4 is 0 Å². The molecule has 0 saturated heterocycles. The molecular formula is C51H94O6. The molecule has 0 aromatic carbocycles. The molecule has 0 amide bonds. The highest BCUT2D eigenvalue weighted by Gasteiger charge is 2.19. The van der Waals surface area contributed by atoms with Crippen LogP contribution in [0.3, 0.4) is 0 Å². The predicted molar refractivity (Wildman–Crippen MR) is 243 cm³/mol. The molecule has 0 aliphatic rings. The molecule has 0 aromatic rings. The highest BCUT2D eigenvalue weighted by atomic mass is 16.6. The van der Waals surface area contributed by atoms with E-state index >= 15 is 0 Å². The third kappa shape index (κ3) is 44.8. The third-order valence-electron chi connectivity index (χ3n) is 11.0. The first kappa shape index (κ1) is 54.9. The van der Waals surface area contributed by atoms with Crippen LogP contribution in [0.5, 0.6) is 0 Å². The van der Waals surface area contributed by atoms with Crippen molar-refractivity contribution in [3.8, 4) is 0 Å². The number of unbranched alkanes of at least 4 members (excludes halogenated alkanes) is 30. The van der Waals surface area contributed by atoms with Gasteiger partial charge in [-0.25, -0.2) is 0 Å². The van der Waals surface area contributed by atoms with Gasteiger partial charge >= 0.3 is 17.9 Å². The Morgan fingerprint density at radius 2 is 0.684 bits per heavy atom. The van der Waals surface area contributed by atoms with Gasteiger partial charge in [0.15, 0.2) is 6.10 Å². The Kier molecular flexibility index (Phi) is 44.9. The first-order valence-electron chi connectivity index (χ1n) is 24.8. The maximum Gasteiger partial charge on any atom is 0.306 e. The molecule has 0 fully saturated rings. The first-order chi connectivity index (χ1) is 28.0. The van der Waals surface area contributed by atoms with Gasteiger partial charge in [0.25, 0.3) is 0 Å². The summed E-state index contributed by atoms with van der Waals surface area (Å²) in [5.74, 6) is -0.866. The van der Waals surface area contributed by atoms with E-state index in [2.05, 4.69) is 45.1 Å². The number of hydrogen-bond donors (Lipinski definition) is 0. The van der Waals surface area contributed by atoms with Gasteiger partial charge in [-0.1, -0.05) is 225 Å². The van der Waals surface area contributed by atoms with Gasteiger partial charge in [-0.15, -0.1) is 0 Å². The number of allylic oxidation sites excluding steroid dienone is 4. The molecule has 0 aliphatic carbocycles. The number of rotatable bonds is 45. The van der Waals surface area contributed by atoms with Crippen LogP contribution in [0.15, 0.2) is 24.3 Å². The van der Waals surface area contributed by atoms with Gasteiger partial charge in [-0.2, -0.15) is 0 Å². The lowest BCUT2D eigenvalue weighted by Gasteiger charge is -2.18. The zero-order valence-electron chi connectivity index (χ0n) is 38.1. The Labute approximate surface area is 353 Å². The summed E-state index contributed by atoms with van der Waals surface area (Å²) in [6.45, 7) is 6.54. The molecule has 0 aromatic heterocycles. The van der Waals surface area contributed by atoms with E-state index in [0.29, 0.717) is 19.3 Å². The monoisotopic (exact) mass is 803 g/mol. The molecular weight excluding hydrogens is 709 g/mol. The standard InChI is InChI=1S/C51H94O6/c1-4-7-10-13-16-19-22-25-27-29-32-35-38-41-44-50(53)56-47-48(46-55-49(52)43-40-37-34-31-28-24-21-18-15-12-9-6-3)57-51(54)45-42-39-36-33-30-26-23-20-17-14-11-8-5-2/h7,10,16,19,48H,4-6,8-9,11-15,17-18,20-47H2,1-3H3/b10-7-,19-16-. The Morgan fingerprint density at radius 3 is 1.05 bits per heavy atom. The van der Waals surface area contributed by atoms with Gasteiger partial charge < -0.3 is 14.2 Å². The summed E-state index contributed by atoms with van der Waals surface area (Å²) in [6, 6.07) is 0. The average Bonchev–Trinajstić information content (AvgIpc) is 3.21. The summed E-state index contributed by atoms with van der Waals surface area (Å²) < 4.78 is 16.8. The Morgan fingerprint density at radius 1 is 0.368 bits per heavy atom. The fourth-order valence-corrected chi connectivity index (χ4v) is 7.25. The largest absolute Gasteiger partial charge is 0.462 e. The lowest BCUT2D eigenvalue weighted by molar-refractivity contribution is -0.167. The van der Waals surface area contributed by atoms with E-state index in [4.69, 9.17) is 14.2 Å². The summed E-state index contributed by atoms with van der Waals surface area (Å²) >= 11 is 0. The van der Waals surface area contributed by atoms with Crippen LogP contribution in [0.4, 0.5) is 0 Å². The zero-order chi connectivity index (χ0) is 41.5. The SMILES string of the molecule is CC/C=C\C/C=C\CCCCCCCCCC(=O)OCC(COC(=O)CCCCCCCCCCCCCC)OC(=O)CCCCCCCCCCCCCCC. The molecule has 0 spiro atoms. The van der Waals surface area contributed by atoms with Crippen molar-refractivity contribution in [3.05, 3.63) is 24.3 Å². The number of carbonyl (C=O) groups is 3. The number of ether oxygens (including phenoxy) is 3. The molecule has 334 valence electrons. The molecule has 0 aliphatic heterocycles. The lowest BCUT2D eigenvalue weighted by atomic mass is 10.0. The Bertz CT molecular complexity index is 927. The van der Waals surface area contributed by atoms with Crippen LogP contribution in [0, 0.1) is 0 Å². The predicted octanol–water partition coefficient (Wildman–Crippen LogP) is 16.0. The van der Waals surface area contributed by atoms with Crippen molar-refractivity contribution in [1.82, 2.24) is 0 Å². The Balaban J connectivity index is 4.34. The van der Waals surface area contributed by atoms with E-state index in [0.717, 1.165) is 77.0 Å². The smallest absolute Gasteiger partial charge is 0.306 e. The van der Waals surface area contributed by atoms with Crippen molar-refractivity contribution in [2.75, 3.05) is 13.2 Å². The second kappa shape index (κ2) is 46.6.